The Morgan fingerprint density at radius 1 is 1.47 bits per heavy atom. The van der Waals surface area contributed by atoms with Crippen LogP contribution in [-0.2, 0) is 9.59 Å². The number of carboxylic acid groups (broad SMARTS) is 1. The van der Waals surface area contributed by atoms with Gasteiger partial charge in [0.05, 0.1) is 19.2 Å². The normalized spacial score (nSPS) is 17.2. The van der Waals surface area contributed by atoms with E-state index >= 15 is 0 Å². The average molecular weight is 263 g/mol. The quantitative estimate of drug-likeness (QED) is 0.904. The number of methoxy groups -OCH3 is 1. The Hall–Kier alpha value is -2.04. The molecule has 1 aliphatic rings. The van der Waals surface area contributed by atoms with Crippen molar-refractivity contribution in [3.8, 4) is 5.75 Å². The molecule has 5 heteroatoms. The number of aliphatic carboxylic acids is 1. The van der Waals surface area contributed by atoms with E-state index in [1.165, 1.54) is 6.92 Å². The summed E-state index contributed by atoms with van der Waals surface area (Å²) in [5, 5.41) is 9.01. The van der Waals surface area contributed by atoms with Gasteiger partial charge in [0.2, 0.25) is 5.91 Å². The van der Waals surface area contributed by atoms with E-state index in [1.54, 1.807) is 12.0 Å². The molecule has 1 aliphatic heterocycles. The molecule has 102 valence electrons. The number of hydrogen-bond donors (Lipinski definition) is 1. The average Bonchev–Trinajstić information content (AvgIpc) is 2.69. The van der Waals surface area contributed by atoms with E-state index < -0.39 is 5.97 Å². The number of nitrogens with zero attached hydrogens (tertiary/aromatic N) is 1. The van der Waals surface area contributed by atoms with Crippen LogP contribution in [0.3, 0.4) is 0 Å². The van der Waals surface area contributed by atoms with Crippen LogP contribution in [0.5, 0.6) is 5.75 Å². The van der Waals surface area contributed by atoms with Crippen molar-refractivity contribution in [1.29, 1.82) is 0 Å². The second-order valence-corrected chi connectivity index (χ2v) is 4.77. The summed E-state index contributed by atoms with van der Waals surface area (Å²) in [6.45, 7) is 3.81. The third-order valence-corrected chi connectivity index (χ3v) is 3.50. The number of hydrogen-bond acceptors (Lipinski definition) is 3. The van der Waals surface area contributed by atoms with Gasteiger partial charge in [0.1, 0.15) is 5.75 Å². The number of anilines is 1. The minimum atomic E-state index is -0.858. The minimum Gasteiger partial charge on any atom is -0.495 e. The van der Waals surface area contributed by atoms with E-state index in [1.807, 2.05) is 19.1 Å². The molecule has 0 fully saturated rings. The summed E-state index contributed by atoms with van der Waals surface area (Å²) in [5.74, 6) is -0.517. The maximum absolute atomic E-state index is 11.7. The maximum Gasteiger partial charge on any atom is 0.304 e. The zero-order valence-corrected chi connectivity index (χ0v) is 11.3. The van der Waals surface area contributed by atoms with Gasteiger partial charge in [-0.05, 0) is 24.1 Å². The van der Waals surface area contributed by atoms with Crippen LogP contribution in [-0.4, -0.2) is 30.6 Å². The number of aryl methyl sites for hydroxylation is 1. The van der Waals surface area contributed by atoms with E-state index in [0.29, 0.717) is 12.3 Å². The fourth-order valence-electron chi connectivity index (χ4n) is 2.71. The van der Waals surface area contributed by atoms with Crippen molar-refractivity contribution in [3.63, 3.8) is 0 Å². The topological polar surface area (TPSA) is 66.8 Å². The summed E-state index contributed by atoms with van der Waals surface area (Å²) in [4.78, 5) is 24.3. The third kappa shape index (κ3) is 2.28. The largest absolute Gasteiger partial charge is 0.495 e. The lowest BCUT2D eigenvalue weighted by Crippen LogP contribution is -2.27. The fourth-order valence-corrected chi connectivity index (χ4v) is 2.71. The van der Waals surface area contributed by atoms with Gasteiger partial charge in [-0.3, -0.25) is 9.59 Å². The van der Waals surface area contributed by atoms with Crippen molar-refractivity contribution in [2.45, 2.75) is 26.2 Å². The van der Waals surface area contributed by atoms with E-state index in [9.17, 15) is 9.59 Å². The first-order chi connectivity index (χ1) is 8.95. The number of amides is 1. The molecule has 1 aromatic carbocycles. The zero-order valence-electron chi connectivity index (χ0n) is 11.3. The standard InChI is InChI=1S/C14H17NO4/c1-8-4-5-11(19-3)14-13(8)10(6-12(17)18)7-15(14)9(2)16/h4-5,10H,6-7H2,1-3H3,(H,17,18). The molecule has 5 nitrogen and oxygen atoms in total. The van der Waals surface area contributed by atoms with Crippen LogP contribution >= 0.6 is 0 Å². The minimum absolute atomic E-state index is 0.0186. The van der Waals surface area contributed by atoms with Crippen molar-refractivity contribution >= 4 is 17.6 Å². The van der Waals surface area contributed by atoms with E-state index in [4.69, 9.17) is 9.84 Å². The number of ether oxygens (including phenoxy) is 1. The molecule has 0 aromatic heterocycles. The van der Waals surface area contributed by atoms with Crippen molar-refractivity contribution in [3.05, 3.63) is 23.3 Å². The highest BCUT2D eigenvalue weighted by molar-refractivity contribution is 5.97. The Kier molecular flexibility index (Phi) is 3.46. The van der Waals surface area contributed by atoms with E-state index in [0.717, 1.165) is 16.8 Å². The lowest BCUT2D eigenvalue weighted by molar-refractivity contribution is -0.137. The van der Waals surface area contributed by atoms with Gasteiger partial charge in [0.25, 0.3) is 0 Å². The van der Waals surface area contributed by atoms with Gasteiger partial charge in [-0.25, -0.2) is 0 Å². The molecule has 1 unspecified atom stereocenters. The van der Waals surface area contributed by atoms with Crippen LogP contribution < -0.4 is 9.64 Å². The van der Waals surface area contributed by atoms with E-state index in [-0.39, 0.29) is 18.2 Å². The SMILES string of the molecule is COc1ccc(C)c2c1N(C(C)=O)CC2CC(=O)O. The zero-order chi connectivity index (χ0) is 14.2. The first-order valence-electron chi connectivity index (χ1n) is 6.13. The molecule has 1 aromatic rings. The predicted molar refractivity (Wildman–Crippen MR) is 70.8 cm³/mol. The van der Waals surface area contributed by atoms with Crippen LogP contribution in [0.2, 0.25) is 0 Å². The van der Waals surface area contributed by atoms with Crippen molar-refractivity contribution < 1.29 is 19.4 Å². The number of benzene rings is 1. The lowest BCUT2D eigenvalue weighted by Gasteiger charge is -2.18. The Balaban J connectivity index is 2.56. The Morgan fingerprint density at radius 2 is 2.16 bits per heavy atom. The summed E-state index contributed by atoms with van der Waals surface area (Å²) < 4.78 is 5.30. The van der Waals surface area contributed by atoms with Crippen LogP contribution in [0.4, 0.5) is 5.69 Å². The summed E-state index contributed by atoms with van der Waals surface area (Å²) >= 11 is 0. The smallest absolute Gasteiger partial charge is 0.304 e. The molecule has 1 heterocycles. The van der Waals surface area contributed by atoms with Crippen LogP contribution in [0.15, 0.2) is 12.1 Å². The van der Waals surface area contributed by atoms with Gasteiger partial charge >= 0.3 is 5.97 Å². The molecular formula is C14H17NO4. The van der Waals surface area contributed by atoms with Gasteiger partial charge in [-0.1, -0.05) is 6.07 Å². The Bertz CT molecular complexity index is 538. The molecule has 0 aliphatic carbocycles. The predicted octanol–water partition coefficient (Wildman–Crippen LogP) is 1.93. The number of fused-ring (bicyclic) bond motifs is 1. The molecule has 0 spiro atoms. The van der Waals surface area contributed by atoms with Crippen LogP contribution in [0.25, 0.3) is 0 Å². The van der Waals surface area contributed by atoms with Crippen LogP contribution in [0.1, 0.15) is 30.4 Å². The first-order valence-corrected chi connectivity index (χ1v) is 6.13. The second-order valence-electron chi connectivity index (χ2n) is 4.77. The molecule has 1 atom stereocenters. The summed E-state index contributed by atoms with van der Waals surface area (Å²) in [5.41, 5.74) is 2.63. The molecule has 1 amide bonds. The molecule has 0 radical (unpaired) electrons. The molecule has 0 bridgehead atoms. The molecule has 1 N–H and O–H groups in total. The number of carbonyl (C=O) groups excluding carboxylic acids is 1. The summed E-state index contributed by atoms with van der Waals surface area (Å²) in [7, 11) is 1.55. The number of rotatable bonds is 3. The van der Waals surface area contributed by atoms with Crippen LogP contribution in [0, 0.1) is 6.92 Å². The van der Waals surface area contributed by atoms with Crippen molar-refractivity contribution in [2.75, 3.05) is 18.6 Å². The maximum atomic E-state index is 11.7. The van der Waals surface area contributed by atoms with Gasteiger partial charge in [-0.2, -0.15) is 0 Å². The number of carboxylic acids is 1. The molecule has 0 saturated carbocycles. The fraction of sp³-hybridized carbons (Fsp3) is 0.429. The van der Waals surface area contributed by atoms with Gasteiger partial charge < -0.3 is 14.7 Å². The van der Waals surface area contributed by atoms with Crippen molar-refractivity contribution in [2.24, 2.45) is 0 Å². The molecular weight excluding hydrogens is 246 g/mol. The molecule has 0 saturated heterocycles. The summed E-state index contributed by atoms with van der Waals surface area (Å²) in [6.07, 6.45) is 0.0186. The molecule has 19 heavy (non-hydrogen) atoms. The summed E-state index contributed by atoms with van der Waals surface area (Å²) in [6, 6.07) is 3.71. The van der Waals surface area contributed by atoms with Crippen molar-refractivity contribution in [1.82, 2.24) is 0 Å². The molecule has 2 rings (SSSR count). The van der Waals surface area contributed by atoms with Gasteiger partial charge in [0.15, 0.2) is 0 Å². The highest BCUT2D eigenvalue weighted by Gasteiger charge is 2.35. The first kappa shape index (κ1) is 13.4. The second kappa shape index (κ2) is 4.91. The highest BCUT2D eigenvalue weighted by atomic mass is 16.5. The monoisotopic (exact) mass is 263 g/mol. The number of carbonyl (C=O) groups is 2. The Morgan fingerprint density at radius 3 is 2.68 bits per heavy atom. The Labute approximate surface area is 111 Å². The lowest BCUT2D eigenvalue weighted by atomic mass is 9.93. The highest BCUT2D eigenvalue weighted by Crippen LogP contribution is 2.45. The van der Waals surface area contributed by atoms with E-state index in [2.05, 4.69) is 0 Å². The van der Waals surface area contributed by atoms with Gasteiger partial charge in [0, 0.05) is 19.4 Å². The van der Waals surface area contributed by atoms with Gasteiger partial charge in [-0.15, -0.1) is 0 Å². The third-order valence-electron chi connectivity index (χ3n) is 3.50.